The van der Waals surface area contributed by atoms with E-state index in [0.29, 0.717) is 31.8 Å². The molecule has 0 atom stereocenters. The Kier molecular flexibility index (Phi) is 7.81. The number of hydrogen-bond acceptors (Lipinski definition) is 4. The van der Waals surface area contributed by atoms with Crippen LogP contribution in [0.2, 0.25) is 0 Å². The SMILES string of the molecule is COCCOCCNCCc1ccccc1C(=O)O. The number of benzene rings is 1. The van der Waals surface area contributed by atoms with Crippen molar-refractivity contribution in [2.75, 3.05) is 40.0 Å². The van der Waals surface area contributed by atoms with Crippen LogP contribution in [-0.2, 0) is 15.9 Å². The predicted octanol–water partition coefficient (Wildman–Crippen LogP) is 1.18. The fourth-order valence-electron chi connectivity index (χ4n) is 1.68. The number of ether oxygens (including phenoxy) is 2. The van der Waals surface area contributed by atoms with Gasteiger partial charge in [-0.05, 0) is 24.6 Å². The fraction of sp³-hybridized carbons (Fsp3) is 0.500. The lowest BCUT2D eigenvalue weighted by atomic mass is 10.0. The Morgan fingerprint density at radius 1 is 1.21 bits per heavy atom. The molecular formula is C14H21NO4. The first-order valence-electron chi connectivity index (χ1n) is 6.34. The van der Waals surface area contributed by atoms with Gasteiger partial charge in [0.2, 0.25) is 0 Å². The number of carboxylic acids is 1. The zero-order valence-corrected chi connectivity index (χ0v) is 11.2. The highest BCUT2D eigenvalue weighted by Gasteiger charge is 2.07. The molecule has 0 aliphatic heterocycles. The Morgan fingerprint density at radius 2 is 2.00 bits per heavy atom. The van der Waals surface area contributed by atoms with E-state index in [4.69, 9.17) is 14.6 Å². The summed E-state index contributed by atoms with van der Waals surface area (Å²) >= 11 is 0. The average Bonchev–Trinajstić information content (AvgIpc) is 2.42. The lowest BCUT2D eigenvalue weighted by Gasteiger charge is -2.08. The predicted molar refractivity (Wildman–Crippen MR) is 72.7 cm³/mol. The molecule has 0 aliphatic carbocycles. The Morgan fingerprint density at radius 3 is 2.74 bits per heavy atom. The van der Waals surface area contributed by atoms with Crippen LogP contribution in [0.1, 0.15) is 15.9 Å². The Bertz CT molecular complexity index is 381. The maximum atomic E-state index is 11.0. The van der Waals surface area contributed by atoms with Crippen molar-refractivity contribution in [3.63, 3.8) is 0 Å². The van der Waals surface area contributed by atoms with E-state index in [-0.39, 0.29) is 0 Å². The Hall–Kier alpha value is -1.43. The molecule has 0 fully saturated rings. The summed E-state index contributed by atoms with van der Waals surface area (Å²) in [7, 11) is 1.64. The van der Waals surface area contributed by atoms with E-state index >= 15 is 0 Å². The molecule has 0 aromatic heterocycles. The Labute approximate surface area is 113 Å². The van der Waals surface area contributed by atoms with Crippen LogP contribution in [0.15, 0.2) is 24.3 Å². The molecule has 0 heterocycles. The van der Waals surface area contributed by atoms with Crippen LogP contribution in [0.25, 0.3) is 0 Å². The van der Waals surface area contributed by atoms with E-state index in [1.807, 2.05) is 12.1 Å². The van der Waals surface area contributed by atoms with Gasteiger partial charge in [0.05, 0.1) is 25.4 Å². The minimum Gasteiger partial charge on any atom is -0.478 e. The number of carbonyl (C=O) groups is 1. The maximum Gasteiger partial charge on any atom is 0.335 e. The molecule has 0 radical (unpaired) electrons. The smallest absolute Gasteiger partial charge is 0.335 e. The van der Waals surface area contributed by atoms with Gasteiger partial charge in [0.25, 0.3) is 0 Å². The molecule has 1 rings (SSSR count). The van der Waals surface area contributed by atoms with Crippen LogP contribution in [0.5, 0.6) is 0 Å². The summed E-state index contributed by atoms with van der Waals surface area (Å²) in [4.78, 5) is 11.0. The first kappa shape index (κ1) is 15.6. The van der Waals surface area contributed by atoms with Crippen molar-refractivity contribution < 1.29 is 19.4 Å². The second-order valence-corrected chi connectivity index (χ2v) is 4.07. The molecule has 1 aromatic rings. The molecule has 0 amide bonds. The molecule has 0 spiro atoms. The zero-order chi connectivity index (χ0) is 13.9. The maximum absolute atomic E-state index is 11.0. The minimum atomic E-state index is -0.876. The first-order valence-corrected chi connectivity index (χ1v) is 6.34. The van der Waals surface area contributed by atoms with Crippen LogP contribution in [-0.4, -0.2) is 51.1 Å². The van der Waals surface area contributed by atoms with Crippen molar-refractivity contribution in [2.24, 2.45) is 0 Å². The average molecular weight is 267 g/mol. The summed E-state index contributed by atoms with van der Waals surface area (Å²) in [6.07, 6.45) is 0.695. The Balaban J connectivity index is 2.17. The normalized spacial score (nSPS) is 10.6. The summed E-state index contributed by atoms with van der Waals surface area (Å²) in [6, 6.07) is 7.07. The first-order chi connectivity index (χ1) is 9.25. The zero-order valence-electron chi connectivity index (χ0n) is 11.2. The van der Waals surface area contributed by atoms with Crippen LogP contribution in [0.3, 0.4) is 0 Å². The number of rotatable bonds is 10. The van der Waals surface area contributed by atoms with Crippen molar-refractivity contribution in [2.45, 2.75) is 6.42 Å². The molecule has 19 heavy (non-hydrogen) atoms. The molecule has 0 aliphatic rings. The second-order valence-electron chi connectivity index (χ2n) is 4.07. The molecule has 0 saturated heterocycles. The molecule has 106 valence electrons. The molecule has 2 N–H and O–H groups in total. The summed E-state index contributed by atoms with van der Waals surface area (Å²) < 4.78 is 10.2. The van der Waals surface area contributed by atoms with Gasteiger partial charge >= 0.3 is 5.97 Å². The molecule has 5 heteroatoms. The monoisotopic (exact) mass is 267 g/mol. The van der Waals surface area contributed by atoms with Crippen molar-refractivity contribution in [1.82, 2.24) is 5.32 Å². The van der Waals surface area contributed by atoms with Gasteiger partial charge in [-0.15, -0.1) is 0 Å². The summed E-state index contributed by atoms with van der Waals surface area (Å²) in [5, 5.41) is 12.3. The fourth-order valence-corrected chi connectivity index (χ4v) is 1.68. The summed E-state index contributed by atoms with van der Waals surface area (Å²) in [5.41, 5.74) is 1.23. The summed E-state index contributed by atoms with van der Waals surface area (Å²) in [6.45, 7) is 3.31. The van der Waals surface area contributed by atoms with Crippen LogP contribution in [0, 0.1) is 0 Å². The van der Waals surface area contributed by atoms with E-state index in [2.05, 4.69) is 5.32 Å². The van der Waals surface area contributed by atoms with E-state index in [1.165, 1.54) is 0 Å². The van der Waals surface area contributed by atoms with Crippen LogP contribution < -0.4 is 5.32 Å². The highest BCUT2D eigenvalue weighted by Crippen LogP contribution is 2.08. The highest BCUT2D eigenvalue weighted by atomic mass is 16.5. The van der Waals surface area contributed by atoms with E-state index in [9.17, 15) is 4.79 Å². The van der Waals surface area contributed by atoms with Crippen LogP contribution >= 0.6 is 0 Å². The number of hydrogen-bond donors (Lipinski definition) is 2. The molecule has 0 bridgehead atoms. The lowest BCUT2D eigenvalue weighted by Crippen LogP contribution is -2.23. The van der Waals surface area contributed by atoms with Gasteiger partial charge in [-0.1, -0.05) is 18.2 Å². The van der Waals surface area contributed by atoms with E-state index < -0.39 is 5.97 Å². The van der Waals surface area contributed by atoms with Gasteiger partial charge in [-0.25, -0.2) is 4.79 Å². The van der Waals surface area contributed by atoms with E-state index in [1.54, 1.807) is 19.2 Å². The standard InChI is InChI=1S/C14H21NO4/c1-18-10-11-19-9-8-15-7-6-12-4-2-3-5-13(12)14(16)17/h2-5,15H,6-11H2,1H3,(H,16,17). The molecular weight excluding hydrogens is 246 g/mol. The molecule has 5 nitrogen and oxygen atoms in total. The molecule has 0 unspecified atom stereocenters. The van der Waals surface area contributed by atoms with Gasteiger partial charge in [-0.2, -0.15) is 0 Å². The third-order valence-electron chi connectivity index (χ3n) is 2.67. The quantitative estimate of drug-likeness (QED) is 0.623. The largest absolute Gasteiger partial charge is 0.478 e. The van der Waals surface area contributed by atoms with Gasteiger partial charge in [0.1, 0.15) is 0 Å². The third kappa shape index (κ3) is 6.33. The van der Waals surface area contributed by atoms with Crippen molar-refractivity contribution >= 4 is 5.97 Å². The number of carboxylic acid groups (broad SMARTS) is 1. The minimum absolute atomic E-state index is 0.376. The van der Waals surface area contributed by atoms with Gasteiger partial charge in [-0.3, -0.25) is 0 Å². The van der Waals surface area contributed by atoms with E-state index in [0.717, 1.165) is 18.7 Å². The van der Waals surface area contributed by atoms with Crippen LogP contribution in [0.4, 0.5) is 0 Å². The number of methoxy groups -OCH3 is 1. The topological polar surface area (TPSA) is 67.8 Å². The molecule has 1 aromatic carbocycles. The van der Waals surface area contributed by atoms with Crippen molar-refractivity contribution in [3.8, 4) is 0 Å². The number of aromatic carboxylic acids is 1. The third-order valence-corrected chi connectivity index (χ3v) is 2.67. The summed E-state index contributed by atoms with van der Waals surface area (Å²) in [5.74, 6) is -0.876. The van der Waals surface area contributed by atoms with Gasteiger partial charge in [0.15, 0.2) is 0 Å². The molecule has 0 saturated carbocycles. The van der Waals surface area contributed by atoms with Gasteiger partial charge < -0.3 is 19.9 Å². The lowest BCUT2D eigenvalue weighted by molar-refractivity contribution is 0.0695. The second kappa shape index (κ2) is 9.49. The van der Waals surface area contributed by atoms with Crippen molar-refractivity contribution in [3.05, 3.63) is 35.4 Å². The van der Waals surface area contributed by atoms with Gasteiger partial charge in [0, 0.05) is 13.7 Å². The number of nitrogens with one attached hydrogen (secondary N) is 1. The highest BCUT2D eigenvalue weighted by molar-refractivity contribution is 5.89. The van der Waals surface area contributed by atoms with Crippen molar-refractivity contribution in [1.29, 1.82) is 0 Å².